The van der Waals surface area contributed by atoms with Gasteiger partial charge in [0, 0.05) is 17.6 Å². The highest BCUT2D eigenvalue weighted by molar-refractivity contribution is 6.39. The molecule has 210 valence electrons. The zero-order valence-corrected chi connectivity index (χ0v) is 22.2. The van der Waals surface area contributed by atoms with E-state index in [4.69, 9.17) is 0 Å². The number of imide groups is 2. The van der Waals surface area contributed by atoms with Crippen molar-refractivity contribution in [3.8, 4) is 5.69 Å². The fourth-order valence-corrected chi connectivity index (χ4v) is 8.05. The van der Waals surface area contributed by atoms with Crippen molar-refractivity contribution in [1.82, 2.24) is 9.88 Å². The lowest BCUT2D eigenvalue weighted by molar-refractivity contribution is -0.137. The third kappa shape index (κ3) is 4.38. The van der Waals surface area contributed by atoms with E-state index in [0.29, 0.717) is 11.4 Å². The van der Waals surface area contributed by atoms with Gasteiger partial charge in [-0.2, -0.15) is 13.2 Å². The smallest absolute Gasteiger partial charge is 0.317 e. The second-order valence-electron chi connectivity index (χ2n) is 12.1. The molecule has 2 heterocycles. The highest BCUT2D eigenvalue weighted by atomic mass is 19.4. The lowest BCUT2D eigenvalue weighted by Crippen LogP contribution is -2.54. The number of carbonyl (C=O) groups is 3. The van der Waals surface area contributed by atoms with Crippen molar-refractivity contribution in [2.24, 2.45) is 17.8 Å². The number of barbiturate groups is 1. The first-order chi connectivity index (χ1) is 19.6. The molecular weight excluding hydrogens is 531 g/mol. The zero-order chi connectivity index (χ0) is 28.5. The van der Waals surface area contributed by atoms with Crippen molar-refractivity contribution in [3.05, 3.63) is 89.3 Å². The molecule has 4 bridgehead atoms. The maximum atomic E-state index is 13.5. The number of hydrogen-bond donors (Lipinski definition) is 1. The zero-order valence-electron chi connectivity index (χ0n) is 22.2. The summed E-state index contributed by atoms with van der Waals surface area (Å²) in [6.45, 7) is 0. The number of nitrogens with zero attached hydrogens (tertiary/aromatic N) is 2. The molecule has 3 aromatic rings. The molecule has 9 heteroatoms. The highest BCUT2D eigenvalue weighted by Gasteiger charge is 2.51. The second-order valence-corrected chi connectivity index (χ2v) is 12.1. The van der Waals surface area contributed by atoms with Crippen LogP contribution in [-0.2, 0) is 21.2 Å². The first-order valence-corrected chi connectivity index (χ1v) is 14.0. The second kappa shape index (κ2) is 9.19. The summed E-state index contributed by atoms with van der Waals surface area (Å²) in [6, 6.07) is 14.7. The van der Waals surface area contributed by atoms with Gasteiger partial charge in [-0.05, 0) is 116 Å². The normalized spacial score (nSPS) is 28.5. The van der Waals surface area contributed by atoms with Gasteiger partial charge in [-0.25, -0.2) is 9.69 Å². The largest absolute Gasteiger partial charge is 0.416 e. The Bertz CT molecular complexity index is 1570. The van der Waals surface area contributed by atoms with Crippen LogP contribution in [-0.4, -0.2) is 22.4 Å². The summed E-state index contributed by atoms with van der Waals surface area (Å²) in [6.07, 6.45) is 5.88. The first-order valence-electron chi connectivity index (χ1n) is 14.0. The molecule has 5 aliphatic rings. The van der Waals surface area contributed by atoms with Crippen molar-refractivity contribution in [2.75, 3.05) is 4.90 Å². The number of aromatic nitrogens is 1. The molecule has 1 aromatic heterocycles. The van der Waals surface area contributed by atoms with E-state index in [2.05, 4.69) is 5.32 Å². The number of halogens is 3. The fourth-order valence-electron chi connectivity index (χ4n) is 8.05. The number of hydrogen-bond acceptors (Lipinski definition) is 3. The lowest BCUT2D eigenvalue weighted by atomic mass is 9.48. The van der Waals surface area contributed by atoms with Crippen molar-refractivity contribution >= 4 is 29.6 Å². The van der Waals surface area contributed by atoms with Crippen molar-refractivity contribution < 1.29 is 27.6 Å². The van der Waals surface area contributed by atoms with Gasteiger partial charge in [0.1, 0.15) is 5.57 Å². The molecule has 1 saturated heterocycles. The maximum absolute atomic E-state index is 13.5. The summed E-state index contributed by atoms with van der Waals surface area (Å²) in [5.41, 5.74) is 1.19. The minimum absolute atomic E-state index is 0.164. The Morgan fingerprint density at radius 1 is 0.829 bits per heavy atom. The summed E-state index contributed by atoms with van der Waals surface area (Å²) in [4.78, 5) is 40.1. The van der Waals surface area contributed by atoms with E-state index in [0.717, 1.165) is 34.8 Å². The monoisotopic (exact) mass is 559 g/mol. The molecule has 6 nitrogen and oxygen atoms in total. The van der Waals surface area contributed by atoms with Crippen LogP contribution in [0.3, 0.4) is 0 Å². The van der Waals surface area contributed by atoms with Gasteiger partial charge >= 0.3 is 12.2 Å². The van der Waals surface area contributed by atoms with Crippen LogP contribution in [0, 0.1) is 17.8 Å². The average Bonchev–Trinajstić information content (AvgIpc) is 3.38. The highest BCUT2D eigenvalue weighted by Crippen LogP contribution is 2.60. The predicted octanol–water partition coefficient (Wildman–Crippen LogP) is 6.63. The summed E-state index contributed by atoms with van der Waals surface area (Å²) in [5.74, 6) is 0.688. The average molecular weight is 560 g/mol. The SMILES string of the molecule is O=C1NC(=O)N(c2ccc(C34CC5CC(CC(C5)C3)C4)cc2)C(=O)/C1=C/c1cccn1-c1cccc(C(F)(F)F)c1. The molecule has 1 aliphatic heterocycles. The van der Waals surface area contributed by atoms with Crippen molar-refractivity contribution in [3.63, 3.8) is 0 Å². The third-order valence-electron chi connectivity index (χ3n) is 9.40. The molecule has 4 aliphatic carbocycles. The Labute approximate surface area is 234 Å². The minimum Gasteiger partial charge on any atom is -0.317 e. The molecule has 4 amide bonds. The van der Waals surface area contributed by atoms with Gasteiger partial charge in [-0.15, -0.1) is 0 Å². The van der Waals surface area contributed by atoms with Gasteiger partial charge < -0.3 is 4.57 Å². The molecule has 1 N–H and O–H groups in total. The fraction of sp³-hybridized carbons (Fsp3) is 0.344. The van der Waals surface area contributed by atoms with E-state index in [1.807, 2.05) is 12.1 Å². The maximum Gasteiger partial charge on any atom is 0.416 e. The van der Waals surface area contributed by atoms with E-state index >= 15 is 0 Å². The number of nitrogens with one attached hydrogen (secondary N) is 1. The van der Waals surface area contributed by atoms with Crippen LogP contribution in [0.25, 0.3) is 11.8 Å². The molecular formula is C32H28F3N3O3. The van der Waals surface area contributed by atoms with Crippen LogP contribution in [0.2, 0.25) is 0 Å². The Morgan fingerprint density at radius 2 is 1.49 bits per heavy atom. The summed E-state index contributed by atoms with van der Waals surface area (Å²) in [5, 5.41) is 2.23. The molecule has 8 rings (SSSR count). The topological polar surface area (TPSA) is 71.4 Å². The standard InChI is InChI=1S/C32H28F3N3O3/c33-32(34,35)23-3-1-4-25(14-23)37-10-2-5-26(37)15-27-28(39)36-30(41)38(29(27)40)24-8-6-22(7-9-24)31-16-19-11-20(17-31)13-21(12-19)18-31/h1-10,14-15,19-21H,11-13,16-18H2,(H,36,39,41)/b27-15+. The van der Waals surface area contributed by atoms with E-state index in [1.54, 1.807) is 30.5 Å². The summed E-state index contributed by atoms with van der Waals surface area (Å²) in [7, 11) is 0. The summed E-state index contributed by atoms with van der Waals surface area (Å²) >= 11 is 0. The Morgan fingerprint density at radius 3 is 2.12 bits per heavy atom. The quantitative estimate of drug-likeness (QED) is 0.288. The van der Waals surface area contributed by atoms with E-state index < -0.39 is 29.6 Å². The number of amides is 4. The number of rotatable bonds is 4. The van der Waals surface area contributed by atoms with Gasteiger partial charge in [-0.1, -0.05) is 18.2 Å². The third-order valence-corrected chi connectivity index (χ3v) is 9.40. The van der Waals surface area contributed by atoms with Crippen molar-refractivity contribution in [1.29, 1.82) is 0 Å². The number of benzene rings is 2. The van der Waals surface area contributed by atoms with Crippen LogP contribution >= 0.6 is 0 Å². The van der Waals surface area contributed by atoms with Crippen LogP contribution in [0.15, 0.2) is 72.4 Å². The van der Waals surface area contributed by atoms with Gasteiger partial charge in [-0.3, -0.25) is 14.9 Å². The Hall–Kier alpha value is -4.14. The molecule has 2 aromatic carbocycles. The van der Waals surface area contributed by atoms with Crippen LogP contribution in [0.1, 0.15) is 55.3 Å². The van der Waals surface area contributed by atoms with Crippen LogP contribution in [0.5, 0.6) is 0 Å². The Balaban J connectivity index is 1.18. The number of anilines is 1. The molecule has 41 heavy (non-hydrogen) atoms. The van der Waals surface area contributed by atoms with E-state index in [-0.39, 0.29) is 16.7 Å². The molecule has 5 fully saturated rings. The van der Waals surface area contributed by atoms with E-state index in [9.17, 15) is 27.6 Å². The van der Waals surface area contributed by atoms with E-state index in [1.165, 1.54) is 66.9 Å². The van der Waals surface area contributed by atoms with Crippen molar-refractivity contribution in [2.45, 2.75) is 50.1 Å². The number of urea groups is 1. The molecule has 0 unspecified atom stereocenters. The molecule has 0 spiro atoms. The number of alkyl halides is 3. The summed E-state index contributed by atoms with van der Waals surface area (Å²) < 4.78 is 41.3. The minimum atomic E-state index is -4.52. The van der Waals surface area contributed by atoms with Gasteiger partial charge in [0.25, 0.3) is 11.8 Å². The van der Waals surface area contributed by atoms with Crippen LogP contribution in [0.4, 0.5) is 23.7 Å². The van der Waals surface area contributed by atoms with Gasteiger partial charge in [0.05, 0.1) is 11.3 Å². The first kappa shape index (κ1) is 25.8. The van der Waals surface area contributed by atoms with Gasteiger partial charge in [0.15, 0.2) is 0 Å². The Kier molecular flexibility index (Phi) is 5.78. The molecule has 0 atom stereocenters. The molecule has 4 saturated carbocycles. The number of carbonyl (C=O) groups excluding carboxylic acids is 3. The predicted molar refractivity (Wildman–Crippen MR) is 146 cm³/mol. The lowest BCUT2D eigenvalue weighted by Gasteiger charge is -2.57. The van der Waals surface area contributed by atoms with Crippen LogP contribution < -0.4 is 10.2 Å². The molecule has 0 radical (unpaired) electrons. The van der Waals surface area contributed by atoms with Gasteiger partial charge in [0.2, 0.25) is 0 Å².